The molecule has 0 radical (unpaired) electrons. The molecule has 0 heterocycles. The van der Waals surface area contributed by atoms with Crippen LogP contribution in [0.4, 0.5) is 4.39 Å². The molecule has 0 bridgehead atoms. The molecule has 90 valence electrons. The van der Waals surface area contributed by atoms with Crippen molar-refractivity contribution in [3.8, 4) is 12.3 Å². The predicted octanol–water partition coefficient (Wildman–Crippen LogP) is 1.43. The number of hydrogen-bond donors (Lipinski definition) is 2. The van der Waals surface area contributed by atoms with Gasteiger partial charge in [-0.1, -0.05) is 5.92 Å². The fraction of sp³-hybridized carbons (Fsp3) is 0.308. The summed E-state index contributed by atoms with van der Waals surface area (Å²) in [6.45, 7) is 3.86. The van der Waals surface area contributed by atoms with E-state index in [0.717, 1.165) is 0 Å². The van der Waals surface area contributed by atoms with E-state index < -0.39 is 17.3 Å². The first kappa shape index (κ1) is 13.2. The minimum atomic E-state index is -0.581. The molecule has 1 aromatic rings. The van der Waals surface area contributed by atoms with Crippen LogP contribution in [0.2, 0.25) is 0 Å². The topological polar surface area (TPSA) is 55.1 Å². The van der Waals surface area contributed by atoms with Gasteiger partial charge in [-0.3, -0.25) is 10.1 Å². The molecule has 3 nitrogen and oxygen atoms in total. The van der Waals surface area contributed by atoms with Crippen molar-refractivity contribution in [2.45, 2.75) is 25.9 Å². The third-order valence-electron chi connectivity index (χ3n) is 2.41. The molecule has 0 aliphatic rings. The van der Waals surface area contributed by atoms with Gasteiger partial charge in [0.1, 0.15) is 5.82 Å². The second-order valence-electron chi connectivity index (χ2n) is 4.29. The van der Waals surface area contributed by atoms with Crippen molar-refractivity contribution in [2.24, 2.45) is 5.73 Å². The molecule has 4 heteroatoms. The van der Waals surface area contributed by atoms with Gasteiger partial charge in [0.15, 0.2) is 0 Å². The van der Waals surface area contributed by atoms with Gasteiger partial charge in [-0.25, -0.2) is 4.39 Å². The minimum Gasteiger partial charge on any atom is -0.366 e. The zero-order valence-corrected chi connectivity index (χ0v) is 9.88. The van der Waals surface area contributed by atoms with Gasteiger partial charge in [0.05, 0.1) is 5.54 Å². The zero-order chi connectivity index (χ0) is 13.1. The average Bonchev–Trinajstić information content (AvgIpc) is 2.27. The van der Waals surface area contributed by atoms with E-state index in [1.807, 2.05) is 13.8 Å². The van der Waals surface area contributed by atoms with Crippen LogP contribution in [-0.2, 0) is 6.54 Å². The molecule has 0 aliphatic heterocycles. The highest BCUT2D eigenvalue weighted by atomic mass is 19.1. The molecule has 0 saturated carbocycles. The second kappa shape index (κ2) is 4.98. The highest BCUT2D eigenvalue weighted by Gasteiger charge is 2.14. The Morgan fingerprint density at radius 2 is 2.24 bits per heavy atom. The number of nitrogens with two attached hydrogens (primary N) is 1. The summed E-state index contributed by atoms with van der Waals surface area (Å²) in [6, 6.07) is 4.00. The summed E-state index contributed by atoms with van der Waals surface area (Å²) < 4.78 is 13.5. The summed E-state index contributed by atoms with van der Waals surface area (Å²) in [7, 11) is 0. The van der Waals surface area contributed by atoms with Gasteiger partial charge >= 0.3 is 0 Å². The smallest absolute Gasteiger partial charge is 0.248 e. The monoisotopic (exact) mass is 234 g/mol. The largest absolute Gasteiger partial charge is 0.366 e. The Labute approximate surface area is 100 Å². The van der Waals surface area contributed by atoms with E-state index in [4.69, 9.17) is 12.2 Å². The van der Waals surface area contributed by atoms with Gasteiger partial charge in [0, 0.05) is 17.7 Å². The van der Waals surface area contributed by atoms with Crippen LogP contribution in [0.3, 0.4) is 0 Å². The Balaban J connectivity index is 2.88. The lowest BCUT2D eigenvalue weighted by Gasteiger charge is -2.19. The SMILES string of the molecule is C#CC(C)(C)NCc1cc(C(N)=O)ccc1F. The van der Waals surface area contributed by atoms with Gasteiger partial charge < -0.3 is 5.73 Å². The van der Waals surface area contributed by atoms with Gasteiger partial charge in [0.25, 0.3) is 0 Å². The number of terminal acetylenes is 1. The molecule has 17 heavy (non-hydrogen) atoms. The van der Waals surface area contributed by atoms with E-state index in [1.165, 1.54) is 18.2 Å². The minimum absolute atomic E-state index is 0.240. The molecule has 3 N–H and O–H groups in total. The quantitative estimate of drug-likeness (QED) is 0.774. The predicted molar refractivity (Wildman–Crippen MR) is 64.7 cm³/mol. The number of carbonyl (C=O) groups is 1. The van der Waals surface area contributed by atoms with Gasteiger partial charge in [-0.15, -0.1) is 6.42 Å². The van der Waals surface area contributed by atoms with Crippen molar-refractivity contribution < 1.29 is 9.18 Å². The standard InChI is InChI=1S/C13H15FN2O/c1-4-13(2,3)16-8-10-7-9(12(15)17)5-6-11(10)14/h1,5-7,16H,8H2,2-3H3,(H2,15,17). The molecule has 0 spiro atoms. The number of primary amides is 1. The molecular weight excluding hydrogens is 219 g/mol. The molecule has 0 aliphatic carbocycles. The maximum Gasteiger partial charge on any atom is 0.248 e. The second-order valence-corrected chi connectivity index (χ2v) is 4.29. The van der Waals surface area contributed by atoms with Crippen LogP contribution in [0.5, 0.6) is 0 Å². The molecule has 0 fully saturated rings. The van der Waals surface area contributed by atoms with Crippen molar-refractivity contribution >= 4 is 5.91 Å². The first-order chi connectivity index (χ1) is 7.85. The lowest BCUT2D eigenvalue weighted by Crippen LogP contribution is -2.37. The highest BCUT2D eigenvalue weighted by molar-refractivity contribution is 5.92. The van der Waals surface area contributed by atoms with Crippen molar-refractivity contribution in [1.82, 2.24) is 5.32 Å². The van der Waals surface area contributed by atoms with Gasteiger partial charge in [-0.05, 0) is 32.0 Å². The van der Waals surface area contributed by atoms with E-state index in [2.05, 4.69) is 11.2 Å². The maximum absolute atomic E-state index is 13.5. The zero-order valence-electron chi connectivity index (χ0n) is 9.88. The van der Waals surface area contributed by atoms with Crippen molar-refractivity contribution in [2.75, 3.05) is 0 Å². The average molecular weight is 234 g/mol. The maximum atomic E-state index is 13.5. The van der Waals surface area contributed by atoms with Crippen LogP contribution in [0.25, 0.3) is 0 Å². The van der Waals surface area contributed by atoms with Crippen molar-refractivity contribution in [3.63, 3.8) is 0 Å². The van der Waals surface area contributed by atoms with Crippen molar-refractivity contribution in [3.05, 3.63) is 35.1 Å². The van der Waals surface area contributed by atoms with Crippen LogP contribution in [0, 0.1) is 18.2 Å². The van der Waals surface area contributed by atoms with E-state index in [-0.39, 0.29) is 12.1 Å². The summed E-state index contributed by atoms with van der Waals surface area (Å²) in [5.74, 6) is 1.57. The van der Waals surface area contributed by atoms with Crippen LogP contribution in [-0.4, -0.2) is 11.4 Å². The third kappa shape index (κ3) is 3.58. The molecule has 1 amide bonds. The molecule has 0 unspecified atom stereocenters. The van der Waals surface area contributed by atoms with E-state index in [0.29, 0.717) is 5.56 Å². The van der Waals surface area contributed by atoms with E-state index in [1.54, 1.807) is 0 Å². The number of carbonyl (C=O) groups excluding carboxylic acids is 1. The van der Waals surface area contributed by atoms with Crippen LogP contribution in [0.15, 0.2) is 18.2 Å². The normalized spacial score (nSPS) is 10.9. The van der Waals surface area contributed by atoms with Crippen molar-refractivity contribution in [1.29, 1.82) is 0 Å². The highest BCUT2D eigenvalue weighted by Crippen LogP contribution is 2.12. The molecular formula is C13H15FN2O. The Morgan fingerprint density at radius 3 is 2.76 bits per heavy atom. The summed E-state index contributed by atoms with van der Waals surface area (Å²) >= 11 is 0. The van der Waals surface area contributed by atoms with Crippen LogP contribution in [0.1, 0.15) is 29.8 Å². The molecule has 0 aromatic heterocycles. The lowest BCUT2D eigenvalue weighted by atomic mass is 10.1. The van der Waals surface area contributed by atoms with Gasteiger partial charge in [0.2, 0.25) is 5.91 Å². The summed E-state index contributed by atoms with van der Waals surface area (Å²) in [5.41, 5.74) is 5.24. The number of benzene rings is 1. The van der Waals surface area contributed by atoms with Crippen LogP contribution >= 0.6 is 0 Å². The third-order valence-corrected chi connectivity index (χ3v) is 2.41. The summed E-state index contributed by atoms with van der Waals surface area (Å²) in [5, 5.41) is 3.00. The molecule has 0 saturated heterocycles. The van der Waals surface area contributed by atoms with Crippen LogP contribution < -0.4 is 11.1 Å². The fourth-order valence-electron chi connectivity index (χ4n) is 1.23. The van der Waals surface area contributed by atoms with E-state index in [9.17, 15) is 9.18 Å². The number of hydrogen-bond acceptors (Lipinski definition) is 2. The van der Waals surface area contributed by atoms with E-state index >= 15 is 0 Å². The lowest BCUT2D eigenvalue weighted by molar-refractivity contribution is 0.1000. The number of nitrogens with one attached hydrogen (secondary N) is 1. The Kier molecular flexibility index (Phi) is 3.87. The Bertz CT molecular complexity index is 475. The number of amides is 1. The summed E-state index contributed by atoms with van der Waals surface area (Å²) in [4.78, 5) is 11.0. The number of rotatable bonds is 4. The first-order valence-electron chi connectivity index (χ1n) is 5.17. The molecule has 1 aromatic carbocycles. The molecule has 0 atom stereocenters. The Hall–Kier alpha value is -1.86. The fourth-order valence-corrected chi connectivity index (χ4v) is 1.23. The Morgan fingerprint density at radius 1 is 1.59 bits per heavy atom. The summed E-state index contributed by atoms with van der Waals surface area (Å²) in [6.07, 6.45) is 5.31. The number of halogens is 1. The molecule has 1 rings (SSSR count). The first-order valence-corrected chi connectivity index (χ1v) is 5.17. The van der Waals surface area contributed by atoms with Gasteiger partial charge in [-0.2, -0.15) is 0 Å².